The summed E-state index contributed by atoms with van der Waals surface area (Å²) < 4.78 is 5.32. The number of rotatable bonds is 4. The van der Waals surface area contributed by atoms with E-state index in [0.29, 0.717) is 0 Å². The summed E-state index contributed by atoms with van der Waals surface area (Å²) in [5, 5.41) is 2.00. The summed E-state index contributed by atoms with van der Waals surface area (Å²) in [6.45, 7) is 0. The molecule has 4 heteroatoms. The first-order chi connectivity index (χ1) is 7.83. The Morgan fingerprint density at radius 2 is 2.19 bits per heavy atom. The average Bonchev–Trinajstić information content (AvgIpc) is 2.77. The quantitative estimate of drug-likeness (QED) is 0.804. The highest BCUT2D eigenvalue weighted by Gasteiger charge is 2.06. The number of benzene rings is 1. The molecule has 2 rings (SSSR count). The van der Waals surface area contributed by atoms with E-state index >= 15 is 0 Å². The van der Waals surface area contributed by atoms with E-state index in [2.05, 4.69) is 27.0 Å². The first kappa shape index (κ1) is 11.6. The number of ether oxygens (including phenoxy) is 1. The first-order valence-corrected chi connectivity index (χ1v) is 6.88. The fourth-order valence-electron chi connectivity index (χ4n) is 1.50. The van der Waals surface area contributed by atoms with Gasteiger partial charge in [-0.25, -0.2) is 4.98 Å². The Kier molecular flexibility index (Phi) is 3.96. The van der Waals surface area contributed by atoms with Crippen LogP contribution in [0.1, 0.15) is 15.4 Å². The van der Waals surface area contributed by atoms with Crippen molar-refractivity contribution in [3.63, 3.8) is 0 Å². The van der Waals surface area contributed by atoms with Crippen LogP contribution in [-0.2, 0) is 11.8 Å². The average molecular weight is 298 g/mol. The fourth-order valence-corrected chi connectivity index (χ4v) is 2.79. The van der Waals surface area contributed by atoms with Gasteiger partial charge in [-0.1, -0.05) is 34.1 Å². The molecule has 84 valence electrons. The molecular weight excluding hydrogens is 286 g/mol. The number of halogens is 1. The van der Waals surface area contributed by atoms with Gasteiger partial charge in [0.1, 0.15) is 5.75 Å². The van der Waals surface area contributed by atoms with Crippen molar-refractivity contribution in [2.24, 2.45) is 0 Å². The lowest BCUT2D eigenvalue weighted by atomic mass is 10.1. The predicted molar refractivity (Wildman–Crippen MR) is 70.5 cm³/mol. The van der Waals surface area contributed by atoms with Gasteiger partial charge in [-0.05, 0) is 6.07 Å². The number of hydrogen-bond donors (Lipinski definition) is 0. The van der Waals surface area contributed by atoms with E-state index in [-0.39, 0.29) is 0 Å². The summed E-state index contributed by atoms with van der Waals surface area (Å²) in [5.41, 5.74) is 1.18. The molecule has 2 aromatic rings. The summed E-state index contributed by atoms with van der Waals surface area (Å²) in [7, 11) is 1.70. The van der Waals surface area contributed by atoms with Crippen molar-refractivity contribution in [3.05, 3.63) is 45.9 Å². The van der Waals surface area contributed by atoms with Crippen LogP contribution in [0.4, 0.5) is 0 Å². The normalized spacial score (nSPS) is 10.4. The maximum atomic E-state index is 5.32. The summed E-state index contributed by atoms with van der Waals surface area (Å²) in [4.78, 5) is 5.65. The molecule has 0 radical (unpaired) electrons. The molecule has 0 unspecified atom stereocenters. The van der Waals surface area contributed by atoms with Gasteiger partial charge in [0.15, 0.2) is 0 Å². The number of methoxy groups -OCH3 is 1. The maximum absolute atomic E-state index is 5.32. The van der Waals surface area contributed by atoms with Crippen LogP contribution in [0, 0.1) is 0 Å². The minimum absolute atomic E-state index is 0.835. The van der Waals surface area contributed by atoms with Crippen molar-refractivity contribution in [2.45, 2.75) is 11.8 Å². The molecule has 0 saturated carbocycles. The van der Waals surface area contributed by atoms with E-state index in [4.69, 9.17) is 4.74 Å². The number of aromatic nitrogens is 1. The first-order valence-electron chi connectivity index (χ1n) is 4.95. The molecule has 0 fully saturated rings. The summed E-state index contributed by atoms with van der Waals surface area (Å²) in [5.74, 6) is 0.929. The van der Waals surface area contributed by atoms with Crippen molar-refractivity contribution in [1.82, 2.24) is 4.98 Å². The van der Waals surface area contributed by atoms with Crippen molar-refractivity contribution < 1.29 is 4.74 Å². The molecule has 0 atom stereocenters. The summed E-state index contributed by atoms with van der Waals surface area (Å²) in [6.07, 6.45) is 2.76. The second-order valence-corrected chi connectivity index (χ2v) is 5.10. The summed E-state index contributed by atoms with van der Waals surface area (Å²) >= 11 is 5.16. The van der Waals surface area contributed by atoms with Gasteiger partial charge in [0, 0.05) is 28.4 Å². The lowest BCUT2D eigenvalue weighted by Gasteiger charge is -2.05. The zero-order chi connectivity index (χ0) is 11.4. The van der Waals surface area contributed by atoms with Crippen LogP contribution in [0.15, 0.2) is 30.5 Å². The molecule has 0 N–H and O–H groups in total. The Labute approximate surface area is 107 Å². The van der Waals surface area contributed by atoms with Crippen LogP contribution < -0.4 is 4.74 Å². The van der Waals surface area contributed by atoms with Crippen LogP contribution in [0.3, 0.4) is 0 Å². The number of nitrogens with zero attached hydrogens (tertiary/aromatic N) is 1. The van der Waals surface area contributed by atoms with Gasteiger partial charge in [-0.15, -0.1) is 11.3 Å². The van der Waals surface area contributed by atoms with Gasteiger partial charge < -0.3 is 4.74 Å². The molecule has 0 aliphatic rings. The van der Waals surface area contributed by atoms with E-state index in [1.165, 1.54) is 10.4 Å². The van der Waals surface area contributed by atoms with Gasteiger partial charge in [0.25, 0.3) is 0 Å². The molecule has 0 amide bonds. The van der Waals surface area contributed by atoms with Crippen molar-refractivity contribution in [2.75, 3.05) is 7.11 Å². The van der Waals surface area contributed by atoms with Crippen LogP contribution in [0.5, 0.6) is 5.75 Å². The Balaban J connectivity index is 2.19. The second-order valence-electron chi connectivity index (χ2n) is 3.34. The van der Waals surface area contributed by atoms with E-state index in [1.54, 1.807) is 18.4 Å². The van der Waals surface area contributed by atoms with Crippen molar-refractivity contribution >= 4 is 27.3 Å². The molecule has 0 saturated heterocycles. The van der Waals surface area contributed by atoms with E-state index in [1.807, 2.05) is 24.4 Å². The van der Waals surface area contributed by atoms with Crippen molar-refractivity contribution in [1.29, 1.82) is 0 Å². The Morgan fingerprint density at radius 1 is 1.38 bits per heavy atom. The number of thiazole rings is 1. The highest BCUT2D eigenvalue weighted by atomic mass is 79.9. The van der Waals surface area contributed by atoms with Crippen LogP contribution in [0.25, 0.3) is 0 Å². The third-order valence-corrected chi connectivity index (χ3v) is 4.24. The van der Waals surface area contributed by atoms with Crippen LogP contribution in [-0.4, -0.2) is 12.1 Å². The Morgan fingerprint density at radius 3 is 2.88 bits per heavy atom. The minimum atomic E-state index is 0.835. The number of para-hydroxylation sites is 1. The third kappa shape index (κ3) is 2.62. The maximum Gasteiger partial charge on any atom is 0.122 e. The van der Waals surface area contributed by atoms with E-state index < -0.39 is 0 Å². The van der Waals surface area contributed by atoms with Crippen LogP contribution in [0.2, 0.25) is 0 Å². The molecule has 0 spiro atoms. The SMILES string of the molecule is COc1ccccc1Cc1ncc(CBr)s1. The number of alkyl halides is 1. The molecule has 16 heavy (non-hydrogen) atoms. The zero-order valence-corrected chi connectivity index (χ0v) is 11.3. The standard InChI is InChI=1S/C12H12BrNOS/c1-15-11-5-3-2-4-9(11)6-12-14-8-10(7-13)16-12/h2-5,8H,6-7H2,1H3. The topological polar surface area (TPSA) is 22.1 Å². The monoisotopic (exact) mass is 297 g/mol. The Hall–Kier alpha value is -0.870. The zero-order valence-electron chi connectivity index (χ0n) is 8.94. The molecule has 0 bridgehead atoms. The fraction of sp³-hybridized carbons (Fsp3) is 0.250. The molecule has 0 aliphatic carbocycles. The lowest BCUT2D eigenvalue weighted by Crippen LogP contribution is -1.92. The summed E-state index contributed by atoms with van der Waals surface area (Å²) in [6, 6.07) is 8.06. The van der Waals surface area contributed by atoms with E-state index in [0.717, 1.165) is 22.5 Å². The van der Waals surface area contributed by atoms with Gasteiger partial charge >= 0.3 is 0 Å². The molecule has 2 nitrogen and oxygen atoms in total. The van der Waals surface area contributed by atoms with Gasteiger partial charge in [0.05, 0.1) is 12.1 Å². The highest BCUT2D eigenvalue weighted by Crippen LogP contribution is 2.24. The molecule has 1 heterocycles. The lowest BCUT2D eigenvalue weighted by molar-refractivity contribution is 0.410. The van der Waals surface area contributed by atoms with Gasteiger partial charge in [0.2, 0.25) is 0 Å². The second kappa shape index (κ2) is 5.46. The van der Waals surface area contributed by atoms with Crippen LogP contribution >= 0.6 is 27.3 Å². The minimum Gasteiger partial charge on any atom is -0.496 e. The van der Waals surface area contributed by atoms with Gasteiger partial charge in [-0.2, -0.15) is 0 Å². The molecular formula is C12H12BrNOS. The molecule has 1 aromatic carbocycles. The third-order valence-electron chi connectivity index (χ3n) is 2.27. The highest BCUT2D eigenvalue weighted by molar-refractivity contribution is 9.08. The molecule has 0 aliphatic heterocycles. The number of hydrogen-bond acceptors (Lipinski definition) is 3. The molecule has 1 aromatic heterocycles. The van der Waals surface area contributed by atoms with Gasteiger partial charge in [-0.3, -0.25) is 0 Å². The van der Waals surface area contributed by atoms with E-state index in [9.17, 15) is 0 Å². The largest absolute Gasteiger partial charge is 0.496 e. The van der Waals surface area contributed by atoms with Crippen molar-refractivity contribution in [3.8, 4) is 5.75 Å². The Bertz CT molecular complexity index is 470. The predicted octanol–water partition coefficient (Wildman–Crippen LogP) is 3.64. The smallest absolute Gasteiger partial charge is 0.122 e.